The molecule has 0 spiro atoms. The summed E-state index contributed by atoms with van der Waals surface area (Å²) in [4.78, 5) is 13.6. The minimum atomic E-state index is -0.0521. The molecular formula is C14H15NO. The van der Waals surface area contributed by atoms with Crippen LogP contribution in [-0.4, -0.2) is 4.98 Å². The van der Waals surface area contributed by atoms with E-state index in [1.807, 2.05) is 30.3 Å². The number of benzene rings is 1. The first-order chi connectivity index (χ1) is 7.86. The molecule has 0 saturated carbocycles. The molecule has 0 radical (unpaired) electrons. The van der Waals surface area contributed by atoms with Crippen LogP contribution in [-0.2, 0) is 0 Å². The van der Waals surface area contributed by atoms with Gasteiger partial charge in [-0.05, 0) is 36.8 Å². The van der Waals surface area contributed by atoms with E-state index in [2.05, 4.69) is 17.1 Å². The van der Waals surface area contributed by atoms with Crippen molar-refractivity contribution in [1.82, 2.24) is 4.98 Å². The highest BCUT2D eigenvalue weighted by Gasteiger charge is 1.89. The summed E-state index contributed by atoms with van der Waals surface area (Å²) in [5.41, 5.74) is 0.837. The van der Waals surface area contributed by atoms with Crippen LogP contribution in [0.4, 0.5) is 0 Å². The quantitative estimate of drug-likeness (QED) is 0.669. The smallest absolute Gasteiger partial charge is 0.248 e. The molecule has 0 bridgehead atoms. The molecule has 3 rings (SSSR count). The van der Waals surface area contributed by atoms with Gasteiger partial charge in [-0.15, -0.1) is 0 Å². The predicted octanol–water partition coefficient (Wildman–Crippen LogP) is 3.25. The Kier molecular flexibility index (Phi) is 3.54. The standard InChI is InChI=1S/C9H7NO.C5H8/c11-9-6-5-7-3-1-2-4-8(7)10-9;1-2-4-5-3-1/h1-6H,(H,10,11);1-2H,3-5H2. The van der Waals surface area contributed by atoms with E-state index in [0.29, 0.717) is 0 Å². The Hall–Kier alpha value is -1.83. The third-order valence-corrected chi connectivity index (χ3v) is 2.54. The molecule has 1 aliphatic carbocycles. The predicted molar refractivity (Wildman–Crippen MR) is 67.6 cm³/mol. The Balaban J connectivity index is 0.000000162. The Morgan fingerprint density at radius 3 is 2.38 bits per heavy atom. The second-order valence-electron chi connectivity index (χ2n) is 3.81. The Bertz CT molecular complexity index is 533. The maximum absolute atomic E-state index is 10.8. The normalized spacial score (nSPS) is 13.5. The number of hydrogen-bond donors (Lipinski definition) is 1. The van der Waals surface area contributed by atoms with Gasteiger partial charge in [0.25, 0.3) is 0 Å². The van der Waals surface area contributed by atoms with Gasteiger partial charge in [0.1, 0.15) is 0 Å². The number of nitrogens with one attached hydrogen (secondary N) is 1. The van der Waals surface area contributed by atoms with Crippen molar-refractivity contribution in [2.75, 3.05) is 0 Å². The summed E-state index contributed by atoms with van der Waals surface area (Å²) in [6.07, 6.45) is 8.50. The Morgan fingerprint density at radius 2 is 1.69 bits per heavy atom. The van der Waals surface area contributed by atoms with Crippen molar-refractivity contribution >= 4 is 10.9 Å². The summed E-state index contributed by atoms with van der Waals surface area (Å²) >= 11 is 0. The summed E-state index contributed by atoms with van der Waals surface area (Å²) in [7, 11) is 0. The van der Waals surface area contributed by atoms with Crippen LogP contribution in [0, 0.1) is 0 Å². The van der Waals surface area contributed by atoms with Gasteiger partial charge < -0.3 is 4.98 Å². The molecule has 2 nitrogen and oxygen atoms in total. The summed E-state index contributed by atoms with van der Waals surface area (Å²) < 4.78 is 0. The molecule has 0 saturated heterocycles. The molecule has 16 heavy (non-hydrogen) atoms. The lowest BCUT2D eigenvalue weighted by molar-refractivity contribution is 0.929. The summed E-state index contributed by atoms with van der Waals surface area (Å²) in [5.74, 6) is 0. The zero-order valence-corrected chi connectivity index (χ0v) is 9.15. The zero-order chi connectivity index (χ0) is 11.2. The zero-order valence-electron chi connectivity index (χ0n) is 9.15. The second kappa shape index (κ2) is 5.31. The van der Waals surface area contributed by atoms with Crippen molar-refractivity contribution < 1.29 is 0 Å². The number of rotatable bonds is 0. The maximum atomic E-state index is 10.8. The molecule has 1 heterocycles. The first-order valence-electron chi connectivity index (χ1n) is 5.59. The number of aromatic amines is 1. The number of allylic oxidation sites excluding steroid dienone is 2. The molecule has 82 valence electrons. The molecule has 2 aromatic rings. The fraction of sp³-hybridized carbons (Fsp3) is 0.214. The van der Waals surface area contributed by atoms with Crippen LogP contribution in [0.3, 0.4) is 0 Å². The molecule has 1 aromatic carbocycles. The highest BCUT2D eigenvalue weighted by Crippen LogP contribution is 2.06. The van der Waals surface area contributed by atoms with Crippen molar-refractivity contribution in [3.63, 3.8) is 0 Å². The van der Waals surface area contributed by atoms with E-state index in [1.165, 1.54) is 25.3 Å². The van der Waals surface area contributed by atoms with Crippen LogP contribution in [0.2, 0.25) is 0 Å². The highest BCUT2D eigenvalue weighted by atomic mass is 16.1. The Labute approximate surface area is 94.6 Å². The summed E-state index contributed by atoms with van der Waals surface area (Å²) in [5, 5.41) is 1.06. The van der Waals surface area contributed by atoms with Gasteiger partial charge in [0, 0.05) is 11.6 Å². The minimum absolute atomic E-state index is 0.0521. The van der Waals surface area contributed by atoms with Crippen LogP contribution < -0.4 is 5.56 Å². The number of aromatic nitrogens is 1. The molecule has 0 fully saturated rings. The van der Waals surface area contributed by atoms with Crippen molar-refractivity contribution in [3.8, 4) is 0 Å². The average molecular weight is 213 g/mol. The molecular weight excluding hydrogens is 198 g/mol. The highest BCUT2D eigenvalue weighted by molar-refractivity contribution is 5.77. The molecule has 1 aromatic heterocycles. The van der Waals surface area contributed by atoms with Crippen molar-refractivity contribution in [1.29, 1.82) is 0 Å². The fourth-order valence-corrected chi connectivity index (χ4v) is 1.69. The molecule has 0 atom stereocenters. The number of fused-ring (bicyclic) bond motifs is 1. The first kappa shape index (κ1) is 10.7. The first-order valence-corrected chi connectivity index (χ1v) is 5.59. The van der Waals surface area contributed by atoms with Gasteiger partial charge in [-0.2, -0.15) is 0 Å². The molecule has 0 aliphatic heterocycles. The third kappa shape index (κ3) is 2.83. The molecule has 1 N–H and O–H groups in total. The Morgan fingerprint density at radius 1 is 0.938 bits per heavy atom. The molecule has 0 amide bonds. The van der Waals surface area contributed by atoms with E-state index in [-0.39, 0.29) is 5.56 Å². The number of para-hydroxylation sites is 1. The van der Waals surface area contributed by atoms with Gasteiger partial charge in [0.15, 0.2) is 0 Å². The summed E-state index contributed by atoms with van der Waals surface area (Å²) in [6.45, 7) is 0. The van der Waals surface area contributed by atoms with Crippen LogP contribution in [0.25, 0.3) is 10.9 Å². The number of hydrogen-bond acceptors (Lipinski definition) is 1. The van der Waals surface area contributed by atoms with E-state index in [4.69, 9.17) is 0 Å². The summed E-state index contributed by atoms with van der Waals surface area (Å²) in [6, 6.07) is 11.0. The van der Waals surface area contributed by atoms with E-state index < -0.39 is 0 Å². The largest absolute Gasteiger partial charge is 0.322 e. The number of pyridine rings is 1. The van der Waals surface area contributed by atoms with Gasteiger partial charge in [-0.1, -0.05) is 30.4 Å². The van der Waals surface area contributed by atoms with Gasteiger partial charge in [-0.25, -0.2) is 0 Å². The van der Waals surface area contributed by atoms with E-state index in [9.17, 15) is 4.79 Å². The van der Waals surface area contributed by atoms with Crippen LogP contribution >= 0.6 is 0 Å². The van der Waals surface area contributed by atoms with Crippen molar-refractivity contribution in [2.24, 2.45) is 0 Å². The lowest BCUT2D eigenvalue weighted by atomic mass is 10.2. The van der Waals surface area contributed by atoms with Gasteiger partial charge in [0.2, 0.25) is 5.56 Å². The van der Waals surface area contributed by atoms with Gasteiger partial charge in [-0.3, -0.25) is 4.79 Å². The number of H-pyrrole nitrogens is 1. The van der Waals surface area contributed by atoms with Crippen LogP contribution in [0.1, 0.15) is 19.3 Å². The van der Waals surface area contributed by atoms with Crippen molar-refractivity contribution in [2.45, 2.75) is 19.3 Å². The topological polar surface area (TPSA) is 32.9 Å². The average Bonchev–Trinajstić information content (AvgIpc) is 2.87. The van der Waals surface area contributed by atoms with Gasteiger partial charge >= 0.3 is 0 Å². The lowest BCUT2D eigenvalue weighted by Crippen LogP contribution is -2.01. The molecule has 0 unspecified atom stereocenters. The monoisotopic (exact) mass is 213 g/mol. The van der Waals surface area contributed by atoms with Crippen molar-refractivity contribution in [3.05, 3.63) is 58.9 Å². The maximum Gasteiger partial charge on any atom is 0.248 e. The second-order valence-corrected chi connectivity index (χ2v) is 3.81. The van der Waals surface area contributed by atoms with E-state index >= 15 is 0 Å². The molecule has 1 aliphatic rings. The third-order valence-electron chi connectivity index (χ3n) is 2.54. The van der Waals surface area contributed by atoms with Crippen LogP contribution in [0.15, 0.2) is 53.3 Å². The minimum Gasteiger partial charge on any atom is -0.322 e. The SMILES string of the molecule is C1=CCCC1.O=c1ccc2ccccc2[nH]1. The van der Waals surface area contributed by atoms with E-state index in [0.717, 1.165) is 10.9 Å². The lowest BCUT2D eigenvalue weighted by Gasteiger charge is -1.93. The van der Waals surface area contributed by atoms with E-state index in [1.54, 1.807) is 0 Å². The van der Waals surface area contributed by atoms with Crippen LogP contribution in [0.5, 0.6) is 0 Å². The van der Waals surface area contributed by atoms with Gasteiger partial charge in [0.05, 0.1) is 0 Å². The fourth-order valence-electron chi connectivity index (χ4n) is 1.69. The molecule has 2 heteroatoms.